The van der Waals surface area contributed by atoms with Crippen molar-refractivity contribution >= 4 is 80.9 Å². The molecule has 0 aliphatic rings. The van der Waals surface area contributed by atoms with Crippen LogP contribution in [0.5, 0.6) is 0 Å². The van der Waals surface area contributed by atoms with Crippen LogP contribution in [-0.4, -0.2) is 4.98 Å². The molecule has 212 valence electrons. The third-order valence-corrected chi connectivity index (χ3v) is 10.7. The SMILES string of the molecule is c1ccc(-c2ccc(N(c3ccc4ccccc4c3)c3ccc4sc5ccc6nc(-c7ccccc7)sc6c5c4c3)cc2)cc1. The lowest BCUT2D eigenvalue weighted by molar-refractivity contribution is 1.30. The number of anilines is 3. The van der Waals surface area contributed by atoms with Crippen LogP contribution >= 0.6 is 22.7 Å². The Hall–Kier alpha value is -5.29. The van der Waals surface area contributed by atoms with Crippen LogP contribution in [0, 0.1) is 0 Å². The predicted molar refractivity (Wildman–Crippen MR) is 196 cm³/mol. The topological polar surface area (TPSA) is 16.1 Å². The molecule has 0 N–H and O–H groups in total. The molecule has 0 aliphatic carbocycles. The van der Waals surface area contributed by atoms with Crippen molar-refractivity contribution < 1.29 is 0 Å². The van der Waals surface area contributed by atoms with Gasteiger partial charge >= 0.3 is 0 Å². The minimum atomic E-state index is 1.05. The summed E-state index contributed by atoms with van der Waals surface area (Å²) in [5, 5.41) is 6.09. The number of thiazole rings is 1. The first-order chi connectivity index (χ1) is 22.3. The molecule has 9 rings (SSSR count). The molecule has 7 aromatic carbocycles. The van der Waals surface area contributed by atoms with Crippen LogP contribution in [0.1, 0.15) is 0 Å². The number of hydrogen-bond acceptors (Lipinski definition) is 4. The van der Waals surface area contributed by atoms with E-state index >= 15 is 0 Å². The molecule has 0 saturated heterocycles. The summed E-state index contributed by atoms with van der Waals surface area (Å²) in [6.07, 6.45) is 0. The molecule has 0 saturated carbocycles. The first-order valence-electron chi connectivity index (χ1n) is 15.0. The van der Waals surface area contributed by atoms with Crippen molar-refractivity contribution in [3.63, 3.8) is 0 Å². The van der Waals surface area contributed by atoms with E-state index in [9.17, 15) is 0 Å². The van der Waals surface area contributed by atoms with E-state index in [2.05, 4.69) is 163 Å². The van der Waals surface area contributed by atoms with E-state index in [-0.39, 0.29) is 0 Å². The van der Waals surface area contributed by atoms with Gasteiger partial charge in [-0.3, -0.25) is 0 Å². The van der Waals surface area contributed by atoms with Gasteiger partial charge in [-0.25, -0.2) is 4.98 Å². The second-order valence-corrected chi connectivity index (χ2v) is 13.3. The number of rotatable bonds is 5. The van der Waals surface area contributed by atoms with E-state index in [1.54, 1.807) is 11.3 Å². The molecule has 4 heteroatoms. The van der Waals surface area contributed by atoms with Gasteiger partial charge in [0.15, 0.2) is 0 Å². The quantitative estimate of drug-likeness (QED) is 0.193. The van der Waals surface area contributed by atoms with Crippen molar-refractivity contribution in [2.24, 2.45) is 0 Å². The summed E-state index contributed by atoms with van der Waals surface area (Å²) in [5.74, 6) is 0. The standard InChI is InChI=1S/C41H26N2S2/c1-3-9-27(10-4-1)29-15-18-32(19-16-29)43(33-20-17-28-11-7-8-14-31(28)25-33)34-21-23-37-35(26-34)39-38(44-37)24-22-36-40(39)45-41(42-36)30-12-5-2-6-13-30/h1-26H. The Morgan fingerprint density at radius 2 is 1.07 bits per heavy atom. The highest BCUT2D eigenvalue weighted by atomic mass is 32.1. The third kappa shape index (κ3) is 4.58. The average Bonchev–Trinajstić information content (AvgIpc) is 3.71. The lowest BCUT2D eigenvalue weighted by Crippen LogP contribution is -2.09. The van der Waals surface area contributed by atoms with Crippen molar-refractivity contribution in [3.05, 3.63) is 158 Å². The second-order valence-electron chi connectivity index (χ2n) is 11.2. The highest BCUT2D eigenvalue weighted by Crippen LogP contribution is 2.45. The van der Waals surface area contributed by atoms with E-state index < -0.39 is 0 Å². The van der Waals surface area contributed by atoms with E-state index in [0.717, 1.165) is 33.1 Å². The molecule has 0 bridgehead atoms. The van der Waals surface area contributed by atoms with Crippen LogP contribution in [0.25, 0.3) is 62.9 Å². The molecule has 0 unspecified atom stereocenters. The Balaban J connectivity index is 1.23. The van der Waals surface area contributed by atoms with Gasteiger partial charge in [0.1, 0.15) is 5.01 Å². The molecule has 2 aromatic heterocycles. The number of nitrogens with zero attached hydrogens (tertiary/aromatic N) is 2. The summed E-state index contributed by atoms with van der Waals surface area (Å²) in [5.41, 5.74) is 8.03. The molecule has 0 amide bonds. The minimum absolute atomic E-state index is 1.05. The maximum absolute atomic E-state index is 5.05. The van der Waals surface area contributed by atoms with Gasteiger partial charge in [-0.15, -0.1) is 22.7 Å². The van der Waals surface area contributed by atoms with Gasteiger partial charge in [0.2, 0.25) is 0 Å². The first kappa shape index (κ1) is 26.1. The van der Waals surface area contributed by atoms with Crippen LogP contribution in [0.2, 0.25) is 0 Å². The molecule has 0 fully saturated rings. The lowest BCUT2D eigenvalue weighted by Gasteiger charge is -2.26. The van der Waals surface area contributed by atoms with Crippen molar-refractivity contribution in [1.29, 1.82) is 0 Å². The van der Waals surface area contributed by atoms with E-state index in [4.69, 9.17) is 4.98 Å². The zero-order valence-electron chi connectivity index (χ0n) is 24.2. The van der Waals surface area contributed by atoms with Crippen molar-refractivity contribution in [3.8, 4) is 21.7 Å². The zero-order chi connectivity index (χ0) is 29.7. The molecule has 45 heavy (non-hydrogen) atoms. The Kier molecular flexibility index (Phi) is 6.22. The molecule has 0 spiro atoms. The normalized spacial score (nSPS) is 11.6. The lowest BCUT2D eigenvalue weighted by atomic mass is 10.0. The van der Waals surface area contributed by atoms with Crippen LogP contribution < -0.4 is 4.90 Å². The summed E-state index contributed by atoms with van der Waals surface area (Å²) in [4.78, 5) is 7.43. The maximum Gasteiger partial charge on any atom is 0.124 e. The Morgan fingerprint density at radius 3 is 1.87 bits per heavy atom. The fourth-order valence-corrected chi connectivity index (χ4v) is 8.56. The van der Waals surface area contributed by atoms with Crippen molar-refractivity contribution in [2.75, 3.05) is 4.90 Å². The smallest absolute Gasteiger partial charge is 0.124 e. The van der Waals surface area contributed by atoms with E-state index in [0.29, 0.717) is 0 Å². The number of fused-ring (bicyclic) bond motifs is 6. The third-order valence-electron chi connectivity index (χ3n) is 8.47. The van der Waals surface area contributed by atoms with Crippen molar-refractivity contribution in [2.45, 2.75) is 0 Å². The highest BCUT2D eigenvalue weighted by Gasteiger charge is 2.18. The highest BCUT2D eigenvalue weighted by molar-refractivity contribution is 7.28. The number of hydrogen-bond donors (Lipinski definition) is 0. The Bertz CT molecular complexity index is 2480. The van der Waals surface area contributed by atoms with Gasteiger partial charge in [0.05, 0.1) is 10.2 Å². The number of aromatic nitrogens is 1. The zero-order valence-corrected chi connectivity index (χ0v) is 25.9. The van der Waals surface area contributed by atoms with E-state index in [1.807, 2.05) is 11.3 Å². The fourth-order valence-electron chi connectivity index (χ4n) is 6.27. The maximum atomic E-state index is 5.05. The largest absolute Gasteiger partial charge is 0.310 e. The van der Waals surface area contributed by atoms with Gasteiger partial charge in [-0.2, -0.15) is 0 Å². The molecule has 9 aromatic rings. The molecular formula is C41H26N2S2. The molecule has 0 radical (unpaired) electrons. The minimum Gasteiger partial charge on any atom is -0.310 e. The van der Waals surface area contributed by atoms with Crippen LogP contribution in [0.3, 0.4) is 0 Å². The monoisotopic (exact) mass is 610 g/mol. The summed E-state index contributed by atoms with van der Waals surface area (Å²) in [6, 6.07) is 56.6. The summed E-state index contributed by atoms with van der Waals surface area (Å²) in [6.45, 7) is 0. The Labute approximate surface area is 269 Å². The van der Waals surface area contributed by atoms with Gasteiger partial charge in [0, 0.05) is 42.8 Å². The summed E-state index contributed by atoms with van der Waals surface area (Å²) < 4.78 is 3.83. The van der Waals surface area contributed by atoms with Gasteiger partial charge in [0.25, 0.3) is 0 Å². The van der Waals surface area contributed by atoms with Gasteiger partial charge < -0.3 is 4.90 Å². The second kappa shape index (κ2) is 10.7. The summed E-state index contributed by atoms with van der Waals surface area (Å²) in [7, 11) is 0. The molecule has 0 atom stereocenters. The van der Waals surface area contributed by atoms with E-state index in [1.165, 1.54) is 46.8 Å². The summed E-state index contributed by atoms with van der Waals surface area (Å²) >= 11 is 3.64. The molecule has 0 aliphatic heterocycles. The fraction of sp³-hybridized carbons (Fsp3) is 0. The Morgan fingerprint density at radius 1 is 0.444 bits per heavy atom. The number of thiophene rings is 1. The molecule has 2 nitrogen and oxygen atoms in total. The first-order valence-corrected chi connectivity index (χ1v) is 16.7. The van der Waals surface area contributed by atoms with Crippen molar-refractivity contribution in [1.82, 2.24) is 4.98 Å². The predicted octanol–water partition coefficient (Wildman–Crippen LogP) is 12.6. The van der Waals surface area contributed by atoms with Crippen LogP contribution in [0.4, 0.5) is 17.1 Å². The number of benzene rings is 7. The van der Waals surface area contributed by atoms with Crippen LogP contribution in [0.15, 0.2) is 158 Å². The van der Waals surface area contributed by atoms with Crippen LogP contribution in [-0.2, 0) is 0 Å². The molecular weight excluding hydrogens is 585 g/mol. The average molecular weight is 611 g/mol. The molecule has 2 heterocycles. The van der Waals surface area contributed by atoms with Gasteiger partial charge in [-0.05, 0) is 76.5 Å². The van der Waals surface area contributed by atoms with Gasteiger partial charge in [-0.1, -0.05) is 103 Å².